The second kappa shape index (κ2) is 8.17. The Bertz CT molecular complexity index is 1000. The van der Waals surface area contributed by atoms with E-state index in [-0.39, 0.29) is 17.5 Å². The van der Waals surface area contributed by atoms with E-state index in [1.54, 1.807) is 13.8 Å². The normalized spacial score (nSPS) is 11.8. The molecule has 6 nitrogen and oxygen atoms in total. The number of ether oxygens (including phenoxy) is 1. The zero-order valence-electron chi connectivity index (χ0n) is 15.2. The van der Waals surface area contributed by atoms with Crippen LogP contribution in [-0.4, -0.2) is 38.5 Å². The first-order valence-corrected chi connectivity index (χ1v) is 9.41. The highest BCUT2D eigenvalue weighted by Crippen LogP contribution is 2.29. The Kier molecular flexibility index (Phi) is 5.87. The topological polar surface area (TPSA) is 69.9 Å². The molecule has 0 bridgehead atoms. The molecule has 0 saturated carbocycles. The molecule has 0 aliphatic rings. The molecule has 0 radical (unpaired) electrons. The average Bonchev–Trinajstić information content (AvgIpc) is 3.05. The van der Waals surface area contributed by atoms with Crippen molar-refractivity contribution in [2.45, 2.75) is 37.5 Å². The number of benzene rings is 1. The highest BCUT2D eigenvalue weighted by Gasteiger charge is 2.29. The molecule has 0 unspecified atom stereocenters. The number of para-hydroxylation sites is 1. The number of pyridine rings is 1. The van der Waals surface area contributed by atoms with Gasteiger partial charge in [-0.05, 0) is 25.5 Å². The molecule has 0 N–H and O–H groups in total. The van der Waals surface area contributed by atoms with Gasteiger partial charge in [0.25, 0.3) is 0 Å². The zero-order valence-corrected chi connectivity index (χ0v) is 16.0. The van der Waals surface area contributed by atoms with Crippen molar-refractivity contribution in [2.75, 3.05) is 6.61 Å². The van der Waals surface area contributed by atoms with Gasteiger partial charge in [-0.2, -0.15) is 13.2 Å². The fourth-order valence-electron chi connectivity index (χ4n) is 2.81. The molecule has 0 amide bonds. The number of halogens is 3. The van der Waals surface area contributed by atoms with Gasteiger partial charge in [0.05, 0.1) is 23.4 Å². The van der Waals surface area contributed by atoms with Gasteiger partial charge in [0.15, 0.2) is 5.16 Å². The standard InChI is InChI=1S/C18H17F3N4O2S/c1-3-27-16(26)15-11(2)12-6-4-5-7-13(12)23-14(15)8-28-17-24-22-10-25(17)9-18(19,20)21/h4-7,10H,3,8-9H2,1-2H3. The lowest BCUT2D eigenvalue weighted by Gasteiger charge is -2.14. The SMILES string of the molecule is CCOC(=O)c1c(CSc2nncn2CC(F)(F)F)nc2ccccc2c1C. The van der Waals surface area contributed by atoms with E-state index in [1.165, 1.54) is 0 Å². The van der Waals surface area contributed by atoms with Gasteiger partial charge in [-0.15, -0.1) is 10.2 Å². The molecule has 2 aromatic heterocycles. The summed E-state index contributed by atoms with van der Waals surface area (Å²) in [7, 11) is 0. The van der Waals surface area contributed by atoms with Crippen LogP contribution in [0.5, 0.6) is 0 Å². The third-order valence-electron chi connectivity index (χ3n) is 3.97. The van der Waals surface area contributed by atoms with Crippen LogP contribution in [0, 0.1) is 6.92 Å². The number of carbonyl (C=O) groups excluding carboxylic acids is 1. The number of thioether (sulfide) groups is 1. The summed E-state index contributed by atoms with van der Waals surface area (Å²) in [6.07, 6.45) is -3.35. The monoisotopic (exact) mass is 410 g/mol. The molecule has 3 aromatic rings. The third kappa shape index (κ3) is 4.44. The number of aromatic nitrogens is 4. The van der Waals surface area contributed by atoms with Crippen LogP contribution in [0.4, 0.5) is 13.2 Å². The Morgan fingerprint density at radius 1 is 1.29 bits per heavy atom. The van der Waals surface area contributed by atoms with Crippen LogP contribution < -0.4 is 0 Å². The van der Waals surface area contributed by atoms with Gasteiger partial charge in [-0.1, -0.05) is 30.0 Å². The highest BCUT2D eigenvalue weighted by molar-refractivity contribution is 7.98. The number of hydrogen-bond donors (Lipinski definition) is 0. The molecule has 2 heterocycles. The number of esters is 1. The summed E-state index contributed by atoms with van der Waals surface area (Å²) in [5.74, 6) is -0.360. The van der Waals surface area contributed by atoms with Gasteiger partial charge in [0.2, 0.25) is 0 Å². The van der Waals surface area contributed by atoms with E-state index in [4.69, 9.17) is 4.74 Å². The Hall–Kier alpha value is -2.62. The van der Waals surface area contributed by atoms with E-state index >= 15 is 0 Å². The number of rotatable bonds is 6. The summed E-state index contributed by atoms with van der Waals surface area (Å²) in [5, 5.41) is 8.21. The Morgan fingerprint density at radius 3 is 2.75 bits per heavy atom. The van der Waals surface area contributed by atoms with Crippen LogP contribution in [0.15, 0.2) is 35.7 Å². The zero-order chi connectivity index (χ0) is 20.3. The maximum absolute atomic E-state index is 12.7. The van der Waals surface area contributed by atoms with Crippen molar-refractivity contribution in [3.05, 3.63) is 47.4 Å². The quantitative estimate of drug-likeness (QED) is 0.449. The van der Waals surface area contributed by atoms with Crippen LogP contribution in [0.1, 0.15) is 28.5 Å². The summed E-state index contributed by atoms with van der Waals surface area (Å²) in [4.78, 5) is 17.0. The van der Waals surface area contributed by atoms with E-state index in [1.807, 2.05) is 24.3 Å². The average molecular weight is 410 g/mol. The predicted molar refractivity (Wildman–Crippen MR) is 98.1 cm³/mol. The molecule has 0 aliphatic heterocycles. The molecule has 1 aromatic carbocycles. The van der Waals surface area contributed by atoms with Crippen molar-refractivity contribution < 1.29 is 22.7 Å². The van der Waals surface area contributed by atoms with Gasteiger partial charge < -0.3 is 4.74 Å². The minimum Gasteiger partial charge on any atom is -0.462 e. The van der Waals surface area contributed by atoms with Crippen molar-refractivity contribution in [1.82, 2.24) is 19.7 Å². The Morgan fingerprint density at radius 2 is 2.04 bits per heavy atom. The second-order valence-corrected chi connectivity index (χ2v) is 6.88. The third-order valence-corrected chi connectivity index (χ3v) is 4.97. The first-order chi connectivity index (χ1) is 13.3. The summed E-state index contributed by atoms with van der Waals surface area (Å²) < 4.78 is 44.1. The van der Waals surface area contributed by atoms with E-state index in [0.717, 1.165) is 33.6 Å². The number of alkyl halides is 3. The van der Waals surface area contributed by atoms with E-state index in [0.29, 0.717) is 16.8 Å². The molecule has 3 rings (SSSR count). The number of fused-ring (bicyclic) bond motifs is 1. The minimum atomic E-state index is -4.38. The summed E-state index contributed by atoms with van der Waals surface area (Å²) in [5.41, 5.74) is 2.17. The molecule has 0 spiro atoms. The van der Waals surface area contributed by atoms with Crippen molar-refractivity contribution in [2.24, 2.45) is 0 Å². The van der Waals surface area contributed by atoms with E-state index in [2.05, 4.69) is 15.2 Å². The first-order valence-electron chi connectivity index (χ1n) is 8.43. The molecule has 0 saturated heterocycles. The fourth-order valence-corrected chi connectivity index (χ4v) is 3.67. The molecule has 0 fully saturated rings. The van der Waals surface area contributed by atoms with E-state index in [9.17, 15) is 18.0 Å². The Labute approximate surface area is 163 Å². The minimum absolute atomic E-state index is 0.0970. The predicted octanol–water partition coefficient (Wildman–Crippen LogP) is 4.17. The van der Waals surface area contributed by atoms with Crippen molar-refractivity contribution in [3.63, 3.8) is 0 Å². The van der Waals surface area contributed by atoms with Gasteiger partial charge in [-0.25, -0.2) is 4.79 Å². The Balaban J connectivity index is 1.95. The molecular weight excluding hydrogens is 393 g/mol. The summed E-state index contributed by atoms with van der Waals surface area (Å²) in [6, 6.07) is 7.35. The number of hydrogen-bond acceptors (Lipinski definition) is 6. The molecule has 0 atom stereocenters. The first kappa shape index (κ1) is 20.1. The van der Waals surface area contributed by atoms with Crippen LogP contribution in [0.3, 0.4) is 0 Å². The van der Waals surface area contributed by atoms with Crippen molar-refractivity contribution >= 4 is 28.6 Å². The fraction of sp³-hybridized carbons (Fsp3) is 0.333. The maximum Gasteiger partial charge on any atom is 0.406 e. The lowest BCUT2D eigenvalue weighted by atomic mass is 10.0. The van der Waals surface area contributed by atoms with Crippen LogP contribution in [0.25, 0.3) is 10.9 Å². The van der Waals surface area contributed by atoms with E-state index < -0.39 is 18.7 Å². The molecular formula is C18H17F3N4O2S. The lowest BCUT2D eigenvalue weighted by Crippen LogP contribution is -2.18. The van der Waals surface area contributed by atoms with Crippen LogP contribution in [-0.2, 0) is 17.0 Å². The second-order valence-electron chi connectivity index (χ2n) is 5.94. The number of nitrogens with zero attached hydrogens (tertiary/aromatic N) is 4. The van der Waals surface area contributed by atoms with Gasteiger partial charge >= 0.3 is 12.1 Å². The van der Waals surface area contributed by atoms with Crippen molar-refractivity contribution in [1.29, 1.82) is 0 Å². The number of aryl methyl sites for hydroxylation is 1. The van der Waals surface area contributed by atoms with Crippen LogP contribution >= 0.6 is 11.8 Å². The van der Waals surface area contributed by atoms with Gasteiger partial charge in [-0.3, -0.25) is 9.55 Å². The molecule has 28 heavy (non-hydrogen) atoms. The highest BCUT2D eigenvalue weighted by atomic mass is 32.2. The lowest BCUT2D eigenvalue weighted by molar-refractivity contribution is -0.142. The van der Waals surface area contributed by atoms with Crippen molar-refractivity contribution in [3.8, 4) is 0 Å². The maximum atomic E-state index is 12.7. The molecule has 148 valence electrons. The smallest absolute Gasteiger partial charge is 0.406 e. The number of carbonyl (C=O) groups is 1. The van der Waals surface area contributed by atoms with Gasteiger partial charge in [0.1, 0.15) is 12.9 Å². The van der Waals surface area contributed by atoms with Gasteiger partial charge in [0, 0.05) is 11.1 Å². The largest absolute Gasteiger partial charge is 0.462 e. The molecule has 0 aliphatic carbocycles. The summed E-state index contributed by atoms with van der Waals surface area (Å²) in [6.45, 7) is 2.53. The van der Waals surface area contributed by atoms with Crippen LogP contribution in [0.2, 0.25) is 0 Å². The summed E-state index contributed by atoms with van der Waals surface area (Å²) >= 11 is 1.03. The molecule has 10 heteroatoms.